The van der Waals surface area contributed by atoms with Crippen molar-refractivity contribution in [2.75, 3.05) is 12.5 Å². The number of nitro groups is 1. The van der Waals surface area contributed by atoms with E-state index in [4.69, 9.17) is 4.74 Å². The molecule has 0 aliphatic heterocycles. The normalized spacial score (nSPS) is 10.6. The molecule has 0 fully saturated rings. The van der Waals surface area contributed by atoms with E-state index in [1.54, 1.807) is 0 Å². The minimum absolute atomic E-state index is 0.0633. The fourth-order valence-electron chi connectivity index (χ4n) is 1.52. The molecule has 2 rings (SSSR count). The number of phenolic OH excluding ortho intramolecular Hbond substituents is 1. The number of rotatable bonds is 5. The number of nitro benzene ring substituents is 1. The van der Waals surface area contributed by atoms with E-state index in [0.29, 0.717) is 5.56 Å². The molecule has 114 valence electrons. The molecule has 22 heavy (non-hydrogen) atoms. The predicted octanol–water partition coefficient (Wildman–Crippen LogP) is 0.233. The van der Waals surface area contributed by atoms with E-state index in [-0.39, 0.29) is 11.6 Å². The number of aromatic hydroxyl groups is 1. The van der Waals surface area contributed by atoms with Crippen molar-refractivity contribution >= 4 is 17.7 Å². The second kappa shape index (κ2) is 6.30. The first kappa shape index (κ1) is 14.9. The van der Waals surface area contributed by atoms with Gasteiger partial charge in [0.15, 0.2) is 11.6 Å². The lowest BCUT2D eigenvalue weighted by Gasteiger charge is -2.05. The quantitative estimate of drug-likeness (QED) is 0.402. The van der Waals surface area contributed by atoms with Gasteiger partial charge in [-0.1, -0.05) is 0 Å². The summed E-state index contributed by atoms with van der Waals surface area (Å²) in [7, 11) is 1.27. The average molecular weight is 306 g/mol. The third kappa shape index (κ3) is 3.33. The molecule has 0 radical (unpaired) electrons. The standard InChI is InChI=1S/C11H10N6O5/c1-22-8-3-6(2-7(10(8)18)17(20)21)4-12-15-9-5-13-16-11(19)14-9/h2-5,18H,1H3,(H2,14,15,16,19)/b12-4+. The smallest absolute Gasteiger partial charge is 0.363 e. The Bertz CT molecular complexity index is 787. The van der Waals surface area contributed by atoms with Crippen molar-refractivity contribution in [1.29, 1.82) is 0 Å². The zero-order valence-electron chi connectivity index (χ0n) is 11.2. The van der Waals surface area contributed by atoms with Gasteiger partial charge in [0.1, 0.15) is 0 Å². The number of hydrazone groups is 1. The molecule has 1 aromatic heterocycles. The highest BCUT2D eigenvalue weighted by Crippen LogP contribution is 2.36. The highest BCUT2D eigenvalue weighted by Gasteiger charge is 2.19. The Kier molecular flexibility index (Phi) is 4.27. The summed E-state index contributed by atoms with van der Waals surface area (Å²) in [6.07, 6.45) is 2.47. The Labute approximate surface area is 122 Å². The number of phenols is 1. The Morgan fingerprint density at radius 1 is 1.55 bits per heavy atom. The Balaban J connectivity index is 2.25. The van der Waals surface area contributed by atoms with Gasteiger partial charge in [-0.15, -0.1) is 0 Å². The lowest BCUT2D eigenvalue weighted by molar-refractivity contribution is -0.386. The van der Waals surface area contributed by atoms with Crippen LogP contribution in [0.25, 0.3) is 0 Å². The summed E-state index contributed by atoms with van der Waals surface area (Å²) < 4.78 is 4.85. The third-order valence-corrected chi connectivity index (χ3v) is 2.46. The van der Waals surface area contributed by atoms with Crippen LogP contribution in [0.4, 0.5) is 11.5 Å². The number of benzene rings is 1. The van der Waals surface area contributed by atoms with Gasteiger partial charge in [0, 0.05) is 11.6 Å². The number of aromatic nitrogens is 3. The summed E-state index contributed by atoms with van der Waals surface area (Å²) >= 11 is 0. The van der Waals surface area contributed by atoms with Crippen LogP contribution in [0.1, 0.15) is 5.56 Å². The van der Waals surface area contributed by atoms with Gasteiger partial charge in [0.2, 0.25) is 5.75 Å². The van der Waals surface area contributed by atoms with Crippen molar-refractivity contribution in [2.45, 2.75) is 0 Å². The molecule has 11 heteroatoms. The van der Waals surface area contributed by atoms with E-state index in [1.165, 1.54) is 25.6 Å². The van der Waals surface area contributed by atoms with Crippen LogP contribution in [-0.4, -0.2) is 38.5 Å². The Morgan fingerprint density at radius 3 is 2.95 bits per heavy atom. The van der Waals surface area contributed by atoms with Crippen molar-refractivity contribution in [3.8, 4) is 11.5 Å². The lowest BCUT2D eigenvalue weighted by atomic mass is 10.2. The van der Waals surface area contributed by atoms with Crippen molar-refractivity contribution in [3.63, 3.8) is 0 Å². The molecule has 0 bridgehead atoms. The minimum atomic E-state index is -0.745. The van der Waals surface area contributed by atoms with Crippen LogP contribution in [-0.2, 0) is 0 Å². The molecule has 0 unspecified atom stereocenters. The van der Waals surface area contributed by atoms with Crippen molar-refractivity contribution in [1.82, 2.24) is 15.2 Å². The molecule has 0 spiro atoms. The zero-order valence-corrected chi connectivity index (χ0v) is 11.2. The fraction of sp³-hybridized carbons (Fsp3) is 0.0909. The lowest BCUT2D eigenvalue weighted by Crippen LogP contribution is -2.13. The number of H-pyrrole nitrogens is 1. The summed E-state index contributed by atoms with van der Waals surface area (Å²) in [4.78, 5) is 24.6. The molecule has 0 saturated carbocycles. The largest absolute Gasteiger partial charge is 0.500 e. The summed E-state index contributed by atoms with van der Waals surface area (Å²) in [6.45, 7) is 0. The van der Waals surface area contributed by atoms with Gasteiger partial charge in [-0.05, 0) is 6.07 Å². The van der Waals surface area contributed by atoms with Gasteiger partial charge in [-0.3, -0.25) is 15.5 Å². The molecule has 1 aromatic carbocycles. The first-order valence-electron chi connectivity index (χ1n) is 5.77. The van der Waals surface area contributed by atoms with E-state index in [0.717, 1.165) is 6.07 Å². The second-order valence-electron chi connectivity index (χ2n) is 3.89. The summed E-state index contributed by atoms with van der Waals surface area (Å²) in [5.74, 6) is -0.537. The van der Waals surface area contributed by atoms with Gasteiger partial charge in [0.25, 0.3) is 0 Å². The number of methoxy groups -OCH3 is 1. The van der Waals surface area contributed by atoms with E-state index >= 15 is 0 Å². The highest BCUT2D eigenvalue weighted by molar-refractivity contribution is 5.83. The number of hydrogen-bond donors (Lipinski definition) is 3. The maximum absolute atomic E-state index is 10.9. The number of nitrogens with zero attached hydrogens (tertiary/aromatic N) is 4. The summed E-state index contributed by atoms with van der Waals surface area (Å²) in [6, 6.07) is 2.48. The van der Waals surface area contributed by atoms with Crippen LogP contribution in [0.15, 0.2) is 28.2 Å². The number of hydrogen-bond acceptors (Lipinski definition) is 9. The van der Waals surface area contributed by atoms with Crippen LogP contribution in [0.5, 0.6) is 11.5 Å². The van der Waals surface area contributed by atoms with Crippen molar-refractivity contribution in [2.24, 2.45) is 5.10 Å². The monoisotopic (exact) mass is 306 g/mol. The van der Waals surface area contributed by atoms with Gasteiger partial charge < -0.3 is 9.84 Å². The van der Waals surface area contributed by atoms with E-state index in [9.17, 15) is 20.0 Å². The Morgan fingerprint density at radius 2 is 2.32 bits per heavy atom. The van der Waals surface area contributed by atoms with Crippen molar-refractivity contribution < 1.29 is 14.8 Å². The van der Waals surface area contributed by atoms with Crippen LogP contribution in [0.3, 0.4) is 0 Å². The topological polar surface area (TPSA) is 156 Å². The SMILES string of the molecule is COc1cc(/C=N/Nc2cn[nH]c(=O)n2)cc([N+](=O)[O-])c1O. The molecule has 3 N–H and O–H groups in total. The first-order chi connectivity index (χ1) is 10.5. The fourth-order valence-corrected chi connectivity index (χ4v) is 1.52. The molecular formula is C11H10N6O5. The molecule has 11 nitrogen and oxygen atoms in total. The number of ether oxygens (including phenoxy) is 1. The molecular weight excluding hydrogens is 296 g/mol. The summed E-state index contributed by atoms with van der Waals surface area (Å²) in [5, 5.41) is 29.9. The highest BCUT2D eigenvalue weighted by atomic mass is 16.6. The van der Waals surface area contributed by atoms with E-state index in [1.807, 2.05) is 0 Å². The molecule has 0 amide bonds. The Hall–Kier alpha value is -3.50. The number of anilines is 1. The predicted molar refractivity (Wildman–Crippen MR) is 75.2 cm³/mol. The molecule has 1 heterocycles. The van der Waals surface area contributed by atoms with Crippen LogP contribution in [0.2, 0.25) is 0 Å². The van der Waals surface area contributed by atoms with Gasteiger partial charge >= 0.3 is 11.4 Å². The molecule has 0 aliphatic carbocycles. The molecule has 0 aliphatic rings. The van der Waals surface area contributed by atoms with Crippen LogP contribution >= 0.6 is 0 Å². The molecule has 0 saturated heterocycles. The maximum atomic E-state index is 10.9. The molecule has 0 atom stereocenters. The van der Waals surface area contributed by atoms with Gasteiger partial charge in [0.05, 0.1) is 24.4 Å². The van der Waals surface area contributed by atoms with Crippen LogP contribution < -0.4 is 15.9 Å². The first-order valence-corrected chi connectivity index (χ1v) is 5.77. The third-order valence-electron chi connectivity index (χ3n) is 2.46. The number of nitrogens with one attached hydrogen (secondary N) is 2. The van der Waals surface area contributed by atoms with Gasteiger partial charge in [-0.2, -0.15) is 15.2 Å². The number of aromatic amines is 1. The molecule has 2 aromatic rings. The minimum Gasteiger partial charge on any atom is -0.500 e. The van der Waals surface area contributed by atoms with E-state index in [2.05, 4.69) is 25.7 Å². The van der Waals surface area contributed by atoms with Crippen LogP contribution in [0, 0.1) is 10.1 Å². The zero-order chi connectivity index (χ0) is 16.1. The summed E-state index contributed by atoms with van der Waals surface area (Å²) in [5.41, 5.74) is 1.57. The maximum Gasteiger partial charge on any atom is 0.363 e. The van der Waals surface area contributed by atoms with E-state index < -0.39 is 22.0 Å². The van der Waals surface area contributed by atoms with Crippen molar-refractivity contribution in [3.05, 3.63) is 44.5 Å². The second-order valence-corrected chi connectivity index (χ2v) is 3.89. The average Bonchev–Trinajstić information content (AvgIpc) is 2.48. The van der Waals surface area contributed by atoms with Gasteiger partial charge in [-0.25, -0.2) is 9.89 Å².